The fourth-order valence-corrected chi connectivity index (χ4v) is 2.24. The molecule has 0 aliphatic carbocycles. The normalized spacial score (nSPS) is 11.2. The second-order valence-corrected chi connectivity index (χ2v) is 4.94. The number of allylic oxidation sites excluding steroid dienone is 1. The second-order valence-electron chi connectivity index (χ2n) is 4.94. The monoisotopic (exact) mass is 306 g/mol. The SMILES string of the molecule is CCCCC/C(=C\C(=O)OCC)c1ccc(OC)cc1OC. The average Bonchev–Trinajstić information content (AvgIpc) is 2.53. The minimum absolute atomic E-state index is 0.313. The van der Waals surface area contributed by atoms with Gasteiger partial charge in [-0.1, -0.05) is 19.8 Å². The van der Waals surface area contributed by atoms with E-state index in [4.69, 9.17) is 14.2 Å². The summed E-state index contributed by atoms with van der Waals surface area (Å²) < 4.78 is 15.7. The van der Waals surface area contributed by atoms with Gasteiger partial charge in [-0.05, 0) is 37.5 Å². The van der Waals surface area contributed by atoms with Crippen LogP contribution in [-0.4, -0.2) is 26.8 Å². The summed E-state index contributed by atoms with van der Waals surface area (Å²) >= 11 is 0. The van der Waals surface area contributed by atoms with Crippen LogP contribution in [0.4, 0.5) is 0 Å². The molecule has 0 radical (unpaired) electrons. The van der Waals surface area contributed by atoms with Crippen LogP contribution < -0.4 is 9.47 Å². The number of ether oxygens (including phenoxy) is 3. The van der Waals surface area contributed by atoms with E-state index >= 15 is 0 Å². The molecule has 0 aromatic heterocycles. The highest BCUT2D eigenvalue weighted by atomic mass is 16.5. The summed E-state index contributed by atoms with van der Waals surface area (Å²) in [5, 5.41) is 0. The van der Waals surface area contributed by atoms with Crippen LogP contribution in [0.1, 0.15) is 45.1 Å². The predicted octanol–water partition coefficient (Wildman–Crippen LogP) is 4.23. The molecule has 4 nitrogen and oxygen atoms in total. The maximum Gasteiger partial charge on any atom is 0.331 e. The smallest absolute Gasteiger partial charge is 0.331 e. The summed E-state index contributed by atoms with van der Waals surface area (Å²) in [4.78, 5) is 11.8. The number of methoxy groups -OCH3 is 2. The zero-order valence-corrected chi connectivity index (χ0v) is 14.0. The number of hydrogen-bond acceptors (Lipinski definition) is 4. The molecule has 1 aromatic rings. The Morgan fingerprint density at radius 2 is 1.91 bits per heavy atom. The fourth-order valence-electron chi connectivity index (χ4n) is 2.24. The van der Waals surface area contributed by atoms with Gasteiger partial charge < -0.3 is 14.2 Å². The third kappa shape index (κ3) is 5.43. The minimum Gasteiger partial charge on any atom is -0.497 e. The Hall–Kier alpha value is -1.97. The standard InChI is InChI=1S/C18H26O4/c1-5-7-8-9-14(12-18(19)22-6-2)16-11-10-15(20-3)13-17(16)21-4/h10-13H,5-9H2,1-4H3/b14-12+. The quantitative estimate of drug-likeness (QED) is 0.389. The van der Waals surface area contributed by atoms with E-state index in [2.05, 4.69) is 6.92 Å². The Bertz CT molecular complexity index is 506. The molecule has 0 fully saturated rings. The average molecular weight is 306 g/mol. The van der Waals surface area contributed by atoms with Gasteiger partial charge in [0.05, 0.1) is 20.8 Å². The Balaban J connectivity index is 3.11. The van der Waals surface area contributed by atoms with E-state index in [0.717, 1.165) is 42.6 Å². The Morgan fingerprint density at radius 1 is 1.14 bits per heavy atom. The largest absolute Gasteiger partial charge is 0.497 e. The van der Waals surface area contributed by atoms with Crippen LogP contribution in [0.5, 0.6) is 11.5 Å². The molecule has 0 unspecified atom stereocenters. The molecule has 0 N–H and O–H groups in total. The number of rotatable bonds is 9. The van der Waals surface area contributed by atoms with Gasteiger partial charge in [0.25, 0.3) is 0 Å². The van der Waals surface area contributed by atoms with Crippen molar-refractivity contribution < 1.29 is 19.0 Å². The second kappa shape index (κ2) is 9.87. The first-order chi connectivity index (χ1) is 10.7. The molecule has 22 heavy (non-hydrogen) atoms. The summed E-state index contributed by atoms with van der Waals surface area (Å²) in [5.41, 5.74) is 1.85. The van der Waals surface area contributed by atoms with Crippen LogP contribution in [0.2, 0.25) is 0 Å². The van der Waals surface area contributed by atoms with Crippen molar-refractivity contribution in [3.8, 4) is 11.5 Å². The van der Waals surface area contributed by atoms with Crippen molar-refractivity contribution in [2.45, 2.75) is 39.5 Å². The number of hydrogen-bond donors (Lipinski definition) is 0. The lowest BCUT2D eigenvalue weighted by atomic mass is 9.98. The van der Waals surface area contributed by atoms with Gasteiger partial charge in [-0.3, -0.25) is 0 Å². The number of esters is 1. The molecule has 0 saturated heterocycles. The first-order valence-electron chi connectivity index (χ1n) is 7.75. The third-order valence-corrected chi connectivity index (χ3v) is 3.38. The van der Waals surface area contributed by atoms with Gasteiger partial charge in [0.1, 0.15) is 11.5 Å². The van der Waals surface area contributed by atoms with Crippen molar-refractivity contribution in [2.75, 3.05) is 20.8 Å². The highest BCUT2D eigenvalue weighted by Crippen LogP contribution is 2.32. The van der Waals surface area contributed by atoms with Crippen molar-refractivity contribution in [2.24, 2.45) is 0 Å². The van der Waals surface area contributed by atoms with Crippen molar-refractivity contribution in [1.29, 1.82) is 0 Å². The lowest BCUT2D eigenvalue weighted by Gasteiger charge is -2.13. The van der Waals surface area contributed by atoms with Crippen molar-refractivity contribution in [3.05, 3.63) is 29.8 Å². The van der Waals surface area contributed by atoms with Crippen molar-refractivity contribution >= 4 is 11.5 Å². The van der Waals surface area contributed by atoms with Gasteiger partial charge in [0, 0.05) is 17.7 Å². The maximum atomic E-state index is 11.8. The summed E-state index contributed by atoms with van der Waals surface area (Å²) in [5.74, 6) is 1.11. The van der Waals surface area contributed by atoms with Gasteiger partial charge in [0.15, 0.2) is 0 Å². The number of benzene rings is 1. The molecule has 1 aromatic carbocycles. The molecule has 1 rings (SSSR count). The number of carbonyl (C=O) groups is 1. The predicted molar refractivity (Wildman–Crippen MR) is 88.3 cm³/mol. The van der Waals surface area contributed by atoms with E-state index in [1.165, 1.54) is 0 Å². The van der Waals surface area contributed by atoms with Gasteiger partial charge in [-0.2, -0.15) is 0 Å². The topological polar surface area (TPSA) is 44.8 Å². The zero-order valence-electron chi connectivity index (χ0n) is 14.0. The fraction of sp³-hybridized carbons (Fsp3) is 0.500. The Morgan fingerprint density at radius 3 is 2.50 bits per heavy atom. The van der Waals surface area contributed by atoms with Crippen LogP contribution in [0.15, 0.2) is 24.3 Å². The Kier molecular flexibility index (Phi) is 8.11. The molecule has 0 heterocycles. The zero-order chi connectivity index (χ0) is 16.4. The molecular formula is C18H26O4. The van der Waals surface area contributed by atoms with Crippen LogP contribution in [0.25, 0.3) is 5.57 Å². The molecule has 0 atom stereocenters. The highest BCUT2D eigenvalue weighted by molar-refractivity contribution is 5.92. The molecule has 0 saturated carbocycles. The van der Waals surface area contributed by atoms with Crippen LogP contribution >= 0.6 is 0 Å². The molecule has 0 spiro atoms. The molecule has 0 bridgehead atoms. The molecule has 122 valence electrons. The van der Waals surface area contributed by atoms with E-state index < -0.39 is 0 Å². The summed E-state index contributed by atoms with van der Waals surface area (Å²) in [6.07, 6.45) is 5.67. The lowest BCUT2D eigenvalue weighted by molar-refractivity contribution is -0.137. The van der Waals surface area contributed by atoms with E-state index in [1.54, 1.807) is 27.2 Å². The van der Waals surface area contributed by atoms with Crippen molar-refractivity contribution in [3.63, 3.8) is 0 Å². The molecule has 0 aliphatic heterocycles. The van der Waals surface area contributed by atoms with Crippen molar-refractivity contribution in [1.82, 2.24) is 0 Å². The van der Waals surface area contributed by atoms with Crippen LogP contribution in [0, 0.1) is 0 Å². The first-order valence-corrected chi connectivity index (χ1v) is 7.75. The van der Waals surface area contributed by atoms with Gasteiger partial charge in [-0.25, -0.2) is 4.79 Å². The van der Waals surface area contributed by atoms with Crippen LogP contribution in [-0.2, 0) is 9.53 Å². The molecular weight excluding hydrogens is 280 g/mol. The first kappa shape index (κ1) is 18.1. The van der Waals surface area contributed by atoms with E-state index in [9.17, 15) is 4.79 Å². The molecule has 4 heteroatoms. The van der Waals surface area contributed by atoms with Gasteiger partial charge in [0.2, 0.25) is 0 Å². The third-order valence-electron chi connectivity index (χ3n) is 3.38. The Labute approximate surface area is 133 Å². The van der Waals surface area contributed by atoms with E-state index in [-0.39, 0.29) is 5.97 Å². The number of unbranched alkanes of at least 4 members (excludes halogenated alkanes) is 2. The summed E-state index contributed by atoms with van der Waals surface area (Å²) in [7, 11) is 3.23. The van der Waals surface area contributed by atoms with E-state index in [0.29, 0.717) is 12.4 Å². The summed E-state index contributed by atoms with van der Waals surface area (Å²) in [6.45, 7) is 4.33. The molecule has 0 aliphatic rings. The van der Waals surface area contributed by atoms with Gasteiger partial charge >= 0.3 is 5.97 Å². The van der Waals surface area contributed by atoms with Gasteiger partial charge in [-0.15, -0.1) is 0 Å². The number of carbonyl (C=O) groups excluding carboxylic acids is 1. The lowest BCUT2D eigenvalue weighted by Crippen LogP contribution is -2.02. The maximum absolute atomic E-state index is 11.8. The van der Waals surface area contributed by atoms with E-state index in [1.807, 2.05) is 18.2 Å². The summed E-state index contributed by atoms with van der Waals surface area (Å²) in [6, 6.07) is 5.62. The minimum atomic E-state index is -0.313. The van der Waals surface area contributed by atoms with Crippen LogP contribution in [0.3, 0.4) is 0 Å². The highest BCUT2D eigenvalue weighted by Gasteiger charge is 2.12. The molecule has 0 amide bonds.